The summed E-state index contributed by atoms with van der Waals surface area (Å²) in [5.41, 5.74) is 5.78. The number of nitrogens with one attached hydrogen (secondary N) is 1. The smallest absolute Gasteiger partial charge is 0.0462 e. The highest BCUT2D eigenvalue weighted by molar-refractivity contribution is 5.29. The fraction of sp³-hybridized carbons (Fsp3) is 0.571. The average molecular weight is 218 g/mol. The molecule has 1 aliphatic carbocycles. The number of hydrogen-bond donors (Lipinski definition) is 2. The van der Waals surface area contributed by atoms with Crippen molar-refractivity contribution in [2.24, 2.45) is 11.8 Å². The summed E-state index contributed by atoms with van der Waals surface area (Å²) in [6, 6.07) is 8.96. The Morgan fingerprint density at radius 2 is 2.12 bits per heavy atom. The van der Waals surface area contributed by atoms with Crippen molar-refractivity contribution in [1.29, 1.82) is 0 Å². The topological polar surface area (TPSA) is 38.0 Å². The molecule has 1 aromatic rings. The Hall–Kier alpha value is -0.860. The van der Waals surface area contributed by atoms with Gasteiger partial charge in [-0.3, -0.25) is 11.3 Å². The van der Waals surface area contributed by atoms with E-state index in [9.17, 15) is 0 Å². The van der Waals surface area contributed by atoms with Gasteiger partial charge in [0.25, 0.3) is 0 Å². The first-order valence-electron chi connectivity index (χ1n) is 6.39. The highest BCUT2D eigenvalue weighted by atomic mass is 15.2. The van der Waals surface area contributed by atoms with Crippen LogP contribution in [-0.2, 0) is 6.42 Å². The van der Waals surface area contributed by atoms with Gasteiger partial charge in [-0.15, -0.1) is 0 Å². The lowest BCUT2D eigenvalue weighted by atomic mass is 9.95. The van der Waals surface area contributed by atoms with E-state index in [0.29, 0.717) is 6.04 Å². The summed E-state index contributed by atoms with van der Waals surface area (Å²) in [7, 11) is 0. The van der Waals surface area contributed by atoms with Crippen LogP contribution >= 0.6 is 0 Å². The Morgan fingerprint density at radius 1 is 1.38 bits per heavy atom. The third kappa shape index (κ3) is 2.83. The molecular weight excluding hydrogens is 196 g/mol. The molecule has 1 fully saturated rings. The van der Waals surface area contributed by atoms with E-state index in [2.05, 4.69) is 36.6 Å². The second-order valence-electron chi connectivity index (χ2n) is 4.79. The van der Waals surface area contributed by atoms with E-state index in [0.717, 1.165) is 18.8 Å². The number of nitrogens with two attached hydrogens (primary N) is 1. The Labute approximate surface area is 98.2 Å². The molecule has 0 aliphatic heterocycles. The molecule has 16 heavy (non-hydrogen) atoms. The lowest BCUT2D eigenvalue weighted by Crippen LogP contribution is -2.28. The van der Waals surface area contributed by atoms with Crippen molar-refractivity contribution in [1.82, 2.24) is 5.43 Å². The van der Waals surface area contributed by atoms with Crippen LogP contribution in [0.3, 0.4) is 0 Å². The maximum absolute atomic E-state index is 5.69. The van der Waals surface area contributed by atoms with Gasteiger partial charge in [0, 0.05) is 6.04 Å². The predicted molar refractivity (Wildman–Crippen MR) is 67.8 cm³/mol. The van der Waals surface area contributed by atoms with Gasteiger partial charge in [0.1, 0.15) is 0 Å². The molecule has 2 rings (SSSR count). The second-order valence-corrected chi connectivity index (χ2v) is 4.79. The Morgan fingerprint density at radius 3 is 2.75 bits per heavy atom. The summed E-state index contributed by atoms with van der Waals surface area (Å²) in [6.07, 6.45) is 6.41. The molecule has 1 aromatic carbocycles. The molecule has 88 valence electrons. The first-order valence-corrected chi connectivity index (χ1v) is 6.39. The standard InChI is InChI=1S/C14H22N2/c1-2-12-5-3-4-6-13(12)14(16-15)10-9-11-7-8-11/h3-6,11,14,16H,2,7-10,15H2,1H3. The molecule has 0 radical (unpaired) electrons. The number of hydrogen-bond acceptors (Lipinski definition) is 2. The maximum atomic E-state index is 5.69. The van der Waals surface area contributed by atoms with Gasteiger partial charge in [-0.1, -0.05) is 44.0 Å². The molecule has 3 N–H and O–H groups in total. The van der Waals surface area contributed by atoms with Gasteiger partial charge in [-0.25, -0.2) is 0 Å². The summed E-state index contributed by atoms with van der Waals surface area (Å²) in [4.78, 5) is 0. The van der Waals surface area contributed by atoms with Gasteiger partial charge in [-0.2, -0.15) is 0 Å². The zero-order valence-electron chi connectivity index (χ0n) is 10.1. The zero-order valence-corrected chi connectivity index (χ0v) is 10.1. The van der Waals surface area contributed by atoms with Crippen LogP contribution in [-0.4, -0.2) is 0 Å². The summed E-state index contributed by atoms with van der Waals surface area (Å²) in [5.74, 6) is 6.66. The molecular formula is C14H22N2. The van der Waals surface area contributed by atoms with E-state index < -0.39 is 0 Å². The summed E-state index contributed by atoms with van der Waals surface area (Å²) >= 11 is 0. The van der Waals surface area contributed by atoms with Gasteiger partial charge >= 0.3 is 0 Å². The highest BCUT2D eigenvalue weighted by Gasteiger charge is 2.23. The number of aryl methyl sites for hydroxylation is 1. The van der Waals surface area contributed by atoms with Crippen molar-refractivity contribution in [3.05, 3.63) is 35.4 Å². The van der Waals surface area contributed by atoms with E-state index in [4.69, 9.17) is 5.84 Å². The van der Waals surface area contributed by atoms with Gasteiger partial charge in [-0.05, 0) is 36.3 Å². The molecule has 0 spiro atoms. The fourth-order valence-electron chi connectivity index (χ4n) is 2.33. The third-order valence-electron chi connectivity index (χ3n) is 3.57. The molecule has 0 saturated heterocycles. The molecule has 1 unspecified atom stereocenters. The first-order chi connectivity index (χ1) is 7.85. The van der Waals surface area contributed by atoms with Crippen LogP contribution in [0.15, 0.2) is 24.3 Å². The SMILES string of the molecule is CCc1ccccc1C(CCC1CC1)NN. The summed E-state index contributed by atoms with van der Waals surface area (Å²) in [6.45, 7) is 2.20. The lowest BCUT2D eigenvalue weighted by molar-refractivity contribution is 0.479. The summed E-state index contributed by atoms with van der Waals surface area (Å²) < 4.78 is 0. The molecule has 0 heterocycles. The van der Waals surface area contributed by atoms with Crippen molar-refractivity contribution >= 4 is 0 Å². The predicted octanol–water partition coefficient (Wildman–Crippen LogP) is 2.94. The van der Waals surface area contributed by atoms with Crippen LogP contribution in [0.5, 0.6) is 0 Å². The molecule has 1 aliphatic rings. The van der Waals surface area contributed by atoms with E-state index >= 15 is 0 Å². The van der Waals surface area contributed by atoms with Crippen LogP contribution < -0.4 is 11.3 Å². The summed E-state index contributed by atoms with van der Waals surface area (Å²) in [5, 5.41) is 0. The van der Waals surface area contributed by atoms with Crippen LogP contribution in [0.2, 0.25) is 0 Å². The van der Waals surface area contributed by atoms with Crippen molar-refractivity contribution in [2.45, 2.75) is 45.1 Å². The molecule has 1 saturated carbocycles. The van der Waals surface area contributed by atoms with E-state index in [1.807, 2.05) is 0 Å². The van der Waals surface area contributed by atoms with Crippen LogP contribution in [0.4, 0.5) is 0 Å². The van der Waals surface area contributed by atoms with E-state index in [-0.39, 0.29) is 0 Å². The number of hydrazine groups is 1. The van der Waals surface area contributed by atoms with Crippen molar-refractivity contribution in [2.75, 3.05) is 0 Å². The zero-order chi connectivity index (χ0) is 11.4. The average Bonchev–Trinajstić information content (AvgIpc) is 3.14. The van der Waals surface area contributed by atoms with Crippen LogP contribution in [0.25, 0.3) is 0 Å². The molecule has 2 nitrogen and oxygen atoms in total. The van der Waals surface area contributed by atoms with Crippen LogP contribution in [0, 0.1) is 5.92 Å². The minimum atomic E-state index is 0.330. The number of rotatable bonds is 6. The Kier molecular flexibility index (Phi) is 3.97. The van der Waals surface area contributed by atoms with Gasteiger partial charge in [0.2, 0.25) is 0 Å². The lowest BCUT2D eigenvalue weighted by Gasteiger charge is -2.19. The molecule has 0 bridgehead atoms. The van der Waals surface area contributed by atoms with Crippen LogP contribution in [0.1, 0.15) is 49.8 Å². The Bertz CT molecular complexity index is 331. The van der Waals surface area contributed by atoms with E-state index in [1.54, 1.807) is 0 Å². The van der Waals surface area contributed by atoms with E-state index in [1.165, 1.54) is 30.4 Å². The highest BCUT2D eigenvalue weighted by Crippen LogP contribution is 2.36. The number of benzene rings is 1. The van der Waals surface area contributed by atoms with Gasteiger partial charge < -0.3 is 0 Å². The van der Waals surface area contributed by atoms with Crippen molar-refractivity contribution in [3.8, 4) is 0 Å². The minimum absolute atomic E-state index is 0.330. The van der Waals surface area contributed by atoms with Crippen molar-refractivity contribution < 1.29 is 0 Å². The minimum Gasteiger partial charge on any atom is -0.271 e. The fourth-order valence-corrected chi connectivity index (χ4v) is 2.33. The molecule has 2 heteroatoms. The first kappa shape index (κ1) is 11.6. The van der Waals surface area contributed by atoms with Crippen molar-refractivity contribution in [3.63, 3.8) is 0 Å². The Balaban J connectivity index is 2.04. The third-order valence-corrected chi connectivity index (χ3v) is 3.57. The largest absolute Gasteiger partial charge is 0.271 e. The molecule has 1 atom stereocenters. The second kappa shape index (κ2) is 5.46. The van der Waals surface area contributed by atoms with Gasteiger partial charge in [0.15, 0.2) is 0 Å². The quantitative estimate of drug-likeness (QED) is 0.569. The monoisotopic (exact) mass is 218 g/mol. The molecule has 0 aromatic heterocycles. The molecule has 0 amide bonds. The normalized spacial score (nSPS) is 17.4. The van der Waals surface area contributed by atoms with Gasteiger partial charge in [0.05, 0.1) is 0 Å². The maximum Gasteiger partial charge on any atom is 0.0462 e.